The number of carbonyl (C=O) groups excluding carboxylic acids is 3. The Hall–Kier alpha value is -3.00. The summed E-state index contributed by atoms with van der Waals surface area (Å²) < 4.78 is 0. The smallest absolute Gasteiger partial charge is 0.328 e. The Morgan fingerprint density at radius 2 is 1.71 bits per heavy atom. The lowest BCUT2D eigenvalue weighted by molar-refractivity contribution is -0.142. The van der Waals surface area contributed by atoms with Crippen LogP contribution in [0, 0.1) is 0 Å². The van der Waals surface area contributed by atoms with Crippen LogP contribution in [0.2, 0.25) is 0 Å². The van der Waals surface area contributed by atoms with E-state index in [4.69, 9.17) is 10.2 Å². The molecule has 0 aliphatic rings. The van der Waals surface area contributed by atoms with Gasteiger partial charge in [0.05, 0.1) is 6.61 Å². The first kappa shape index (κ1) is 19.0. The lowest BCUT2D eigenvalue weighted by atomic mass is 10.1. The number of anilines is 1. The first-order valence-corrected chi connectivity index (χ1v) is 6.99. The fourth-order valence-corrected chi connectivity index (χ4v) is 1.68. The minimum atomic E-state index is -1.44. The van der Waals surface area contributed by atoms with Gasteiger partial charge in [0.15, 0.2) is 11.8 Å². The Morgan fingerprint density at radius 3 is 2.17 bits per heavy atom. The van der Waals surface area contributed by atoms with E-state index in [9.17, 15) is 19.2 Å². The largest absolute Gasteiger partial charge is 0.480 e. The van der Waals surface area contributed by atoms with Gasteiger partial charge >= 0.3 is 5.97 Å². The van der Waals surface area contributed by atoms with E-state index < -0.39 is 30.4 Å². The molecule has 1 aromatic rings. The van der Waals surface area contributed by atoms with Gasteiger partial charge in [-0.1, -0.05) is 0 Å². The molecule has 0 radical (unpaired) electrons. The lowest BCUT2D eigenvalue weighted by Gasteiger charge is -2.10. The Balaban J connectivity index is 2.70. The van der Waals surface area contributed by atoms with Crippen LogP contribution in [-0.2, 0) is 14.4 Å². The Morgan fingerprint density at radius 1 is 1.12 bits per heavy atom. The predicted molar refractivity (Wildman–Crippen MR) is 85.5 cm³/mol. The summed E-state index contributed by atoms with van der Waals surface area (Å²) in [5, 5.41) is 22.1. The zero-order chi connectivity index (χ0) is 18.3. The molecule has 8 heteroatoms. The summed E-state index contributed by atoms with van der Waals surface area (Å²) in [4.78, 5) is 45.5. The van der Waals surface area contributed by atoms with Gasteiger partial charge in [0.25, 0.3) is 5.91 Å². The van der Waals surface area contributed by atoms with E-state index in [1.165, 1.54) is 13.8 Å². The van der Waals surface area contributed by atoms with Crippen molar-refractivity contribution >= 4 is 29.3 Å². The van der Waals surface area contributed by atoms with Crippen molar-refractivity contribution in [2.45, 2.75) is 19.9 Å². The van der Waals surface area contributed by atoms with Crippen LogP contribution in [0.1, 0.15) is 24.2 Å². The van der Waals surface area contributed by atoms with Gasteiger partial charge in [-0.25, -0.2) is 4.79 Å². The average Bonchev–Trinajstić information content (AvgIpc) is 2.52. The number of rotatable bonds is 7. The van der Waals surface area contributed by atoms with Crippen molar-refractivity contribution in [2.24, 2.45) is 0 Å². The van der Waals surface area contributed by atoms with Crippen LogP contribution in [0.25, 0.3) is 0 Å². The molecule has 1 rings (SSSR count). The number of ketones is 1. The van der Waals surface area contributed by atoms with Crippen molar-refractivity contribution in [1.29, 1.82) is 0 Å². The molecule has 0 fully saturated rings. The Bertz CT molecular complexity index is 678. The highest BCUT2D eigenvalue weighted by molar-refractivity contribution is 6.07. The van der Waals surface area contributed by atoms with Gasteiger partial charge in [0.2, 0.25) is 5.91 Å². The van der Waals surface area contributed by atoms with Gasteiger partial charge in [0, 0.05) is 22.9 Å². The van der Waals surface area contributed by atoms with Crippen LogP contribution in [0.15, 0.2) is 35.9 Å². The molecule has 0 saturated heterocycles. The second-order valence-corrected chi connectivity index (χ2v) is 5.00. The van der Waals surface area contributed by atoms with Crippen molar-refractivity contribution in [2.75, 3.05) is 11.9 Å². The van der Waals surface area contributed by atoms with Gasteiger partial charge < -0.3 is 20.8 Å². The normalized spacial score (nSPS) is 12.2. The number of amides is 2. The van der Waals surface area contributed by atoms with E-state index in [-0.39, 0.29) is 11.4 Å². The van der Waals surface area contributed by atoms with Crippen LogP contribution in [0.3, 0.4) is 0 Å². The topological polar surface area (TPSA) is 133 Å². The van der Waals surface area contributed by atoms with Crippen molar-refractivity contribution in [3.63, 3.8) is 0 Å². The molecule has 1 aromatic carbocycles. The molecule has 128 valence electrons. The standard InChI is InChI=1S/C16H18N2O6/c1-9(7-14(21)18-13(8-19)16(23)24)15(22)17-12-5-3-11(4-6-12)10(2)20/h3-7,13,19H,8H2,1-2H3,(H,17,22)(H,18,21)(H,23,24)/b9-7-. The maximum absolute atomic E-state index is 12.0. The summed E-state index contributed by atoms with van der Waals surface area (Å²) >= 11 is 0. The molecule has 1 atom stereocenters. The zero-order valence-corrected chi connectivity index (χ0v) is 13.2. The molecule has 0 aliphatic carbocycles. The second kappa shape index (κ2) is 8.59. The Labute approximate surface area is 138 Å². The van der Waals surface area contributed by atoms with Gasteiger partial charge in [-0.15, -0.1) is 0 Å². The molecule has 0 aliphatic heterocycles. The van der Waals surface area contributed by atoms with E-state index in [0.29, 0.717) is 11.3 Å². The molecular weight excluding hydrogens is 316 g/mol. The van der Waals surface area contributed by atoms with Crippen LogP contribution in [-0.4, -0.2) is 46.4 Å². The number of benzene rings is 1. The van der Waals surface area contributed by atoms with Crippen LogP contribution in [0.4, 0.5) is 5.69 Å². The Kier molecular flexibility index (Phi) is 6.81. The third-order valence-electron chi connectivity index (χ3n) is 3.05. The number of hydrogen-bond acceptors (Lipinski definition) is 5. The minimum absolute atomic E-state index is 0.0465. The molecule has 0 saturated carbocycles. The number of nitrogens with one attached hydrogen (secondary N) is 2. The molecule has 0 heterocycles. The van der Waals surface area contributed by atoms with E-state index >= 15 is 0 Å². The fourth-order valence-electron chi connectivity index (χ4n) is 1.68. The molecule has 4 N–H and O–H groups in total. The third-order valence-corrected chi connectivity index (χ3v) is 3.05. The number of aliphatic hydroxyl groups excluding tert-OH is 1. The van der Waals surface area contributed by atoms with Gasteiger partial charge in [-0.3, -0.25) is 14.4 Å². The summed E-state index contributed by atoms with van der Waals surface area (Å²) in [7, 11) is 0. The fraction of sp³-hybridized carbons (Fsp3) is 0.250. The van der Waals surface area contributed by atoms with E-state index in [2.05, 4.69) is 10.6 Å². The summed E-state index contributed by atoms with van der Waals surface area (Å²) in [6.07, 6.45) is 0.935. The van der Waals surface area contributed by atoms with Crippen LogP contribution >= 0.6 is 0 Å². The lowest BCUT2D eigenvalue weighted by Crippen LogP contribution is -2.42. The molecule has 0 bridgehead atoms. The second-order valence-electron chi connectivity index (χ2n) is 5.00. The van der Waals surface area contributed by atoms with E-state index in [0.717, 1.165) is 6.08 Å². The number of hydrogen-bond donors (Lipinski definition) is 4. The van der Waals surface area contributed by atoms with Crippen molar-refractivity contribution in [1.82, 2.24) is 5.32 Å². The molecule has 8 nitrogen and oxygen atoms in total. The molecule has 1 unspecified atom stereocenters. The van der Waals surface area contributed by atoms with E-state index in [1.807, 2.05) is 0 Å². The highest BCUT2D eigenvalue weighted by Gasteiger charge is 2.18. The highest BCUT2D eigenvalue weighted by atomic mass is 16.4. The quantitative estimate of drug-likeness (QED) is 0.420. The summed E-state index contributed by atoms with van der Waals surface area (Å²) in [6, 6.07) is 4.77. The predicted octanol–water partition coefficient (Wildman–Crippen LogP) is 0.336. The van der Waals surface area contributed by atoms with Crippen LogP contribution < -0.4 is 10.6 Å². The SMILES string of the molecule is CC(=O)c1ccc(NC(=O)/C(C)=C\C(=O)NC(CO)C(=O)O)cc1. The van der Waals surface area contributed by atoms with Crippen molar-refractivity contribution < 1.29 is 29.4 Å². The number of aliphatic hydroxyl groups is 1. The summed E-state index contributed by atoms with van der Waals surface area (Å²) in [5.41, 5.74) is 0.991. The summed E-state index contributed by atoms with van der Waals surface area (Å²) in [5.74, 6) is -2.85. The maximum atomic E-state index is 12.0. The number of carboxylic acids is 1. The third kappa shape index (κ3) is 5.65. The molecule has 24 heavy (non-hydrogen) atoms. The zero-order valence-electron chi connectivity index (χ0n) is 13.2. The highest BCUT2D eigenvalue weighted by Crippen LogP contribution is 2.11. The monoisotopic (exact) mass is 334 g/mol. The van der Waals surface area contributed by atoms with Crippen LogP contribution in [0.5, 0.6) is 0 Å². The summed E-state index contributed by atoms with van der Waals surface area (Å²) in [6.45, 7) is 2.05. The minimum Gasteiger partial charge on any atom is -0.480 e. The number of carboxylic acid groups (broad SMARTS) is 1. The van der Waals surface area contributed by atoms with Gasteiger partial charge in [0.1, 0.15) is 0 Å². The first-order chi connectivity index (χ1) is 11.2. The average molecular weight is 334 g/mol. The number of aliphatic carboxylic acids is 1. The molecular formula is C16H18N2O6. The van der Waals surface area contributed by atoms with Gasteiger partial charge in [-0.2, -0.15) is 0 Å². The van der Waals surface area contributed by atoms with Crippen molar-refractivity contribution in [3.05, 3.63) is 41.5 Å². The molecule has 0 spiro atoms. The number of carbonyl (C=O) groups is 4. The molecule has 0 aromatic heterocycles. The van der Waals surface area contributed by atoms with E-state index in [1.54, 1.807) is 24.3 Å². The first-order valence-electron chi connectivity index (χ1n) is 6.99. The maximum Gasteiger partial charge on any atom is 0.328 e. The number of Topliss-reactive ketones (excluding diaryl/α,β-unsaturated/α-hetero) is 1. The van der Waals surface area contributed by atoms with Crippen molar-refractivity contribution in [3.8, 4) is 0 Å². The van der Waals surface area contributed by atoms with Gasteiger partial charge in [-0.05, 0) is 38.1 Å². The molecule has 2 amide bonds.